The van der Waals surface area contributed by atoms with Gasteiger partial charge in [0.2, 0.25) is 5.91 Å². The summed E-state index contributed by atoms with van der Waals surface area (Å²) in [7, 11) is 1.32. The zero-order valence-corrected chi connectivity index (χ0v) is 18.8. The molecule has 1 fully saturated rings. The standard InChI is InChI=1S/C22H26N4O5S/c1-30-21(29)20-16-7-10-25(19(28)14-32-22-23-8-4-9-24-22)11-12-26(16)18(27)13-17(20)31-15-5-2-3-6-15/h4,8-9,13,15H,2-3,5-7,10-12,14H2,1H3. The van der Waals surface area contributed by atoms with Crippen LogP contribution in [0.25, 0.3) is 0 Å². The third kappa shape index (κ3) is 4.95. The van der Waals surface area contributed by atoms with E-state index in [2.05, 4.69) is 9.97 Å². The summed E-state index contributed by atoms with van der Waals surface area (Å²) in [4.78, 5) is 48.3. The number of pyridine rings is 1. The quantitative estimate of drug-likeness (QED) is 0.367. The number of fused-ring (bicyclic) bond motifs is 1. The summed E-state index contributed by atoms with van der Waals surface area (Å²) in [6.45, 7) is 1.08. The molecule has 9 nitrogen and oxygen atoms in total. The number of hydrogen-bond donors (Lipinski definition) is 0. The van der Waals surface area contributed by atoms with Crippen molar-refractivity contribution in [3.63, 3.8) is 0 Å². The van der Waals surface area contributed by atoms with Gasteiger partial charge < -0.3 is 18.9 Å². The second-order valence-electron chi connectivity index (χ2n) is 7.79. The van der Waals surface area contributed by atoms with Gasteiger partial charge in [0.05, 0.1) is 19.0 Å². The van der Waals surface area contributed by atoms with Crippen molar-refractivity contribution in [1.82, 2.24) is 19.4 Å². The van der Waals surface area contributed by atoms with Crippen molar-refractivity contribution in [2.24, 2.45) is 0 Å². The molecule has 0 unspecified atom stereocenters. The van der Waals surface area contributed by atoms with Crippen LogP contribution < -0.4 is 10.3 Å². The van der Waals surface area contributed by atoms with Crippen LogP contribution in [0.2, 0.25) is 0 Å². The third-order valence-corrected chi connectivity index (χ3v) is 6.66. The molecule has 10 heteroatoms. The fraction of sp³-hybridized carbons (Fsp3) is 0.500. The summed E-state index contributed by atoms with van der Waals surface area (Å²) in [6, 6.07) is 3.10. The maximum Gasteiger partial charge on any atom is 0.343 e. The van der Waals surface area contributed by atoms with Crippen molar-refractivity contribution in [2.45, 2.75) is 49.9 Å². The van der Waals surface area contributed by atoms with Gasteiger partial charge in [-0.3, -0.25) is 9.59 Å². The number of aromatic nitrogens is 3. The summed E-state index contributed by atoms with van der Waals surface area (Å²) in [6.07, 6.45) is 7.59. The summed E-state index contributed by atoms with van der Waals surface area (Å²) in [5.41, 5.74) is 0.620. The van der Waals surface area contributed by atoms with Gasteiger partial charge >= 0.3 is 5.97 Å². The molecular weight excluding hydrogens is 432 g/mol. The molecule has 0 aromatic carbocycles. The van der Waals surface area contributed by atoms with Gasteiger partial charge in [-0.2, -0.15) is 0 Å². The van der Waals surface area contributed by atoms with Gasteiger partial charge in [0.1, 0.15) is 11.3 Å². The Kier molecular flexibility index (Phi) is 7.09. The Balaban J connectivity index is 1.54. The Labute approximate surface area is 190 Å². The maximum atomic E-state index is 12.9. The molecule has 0 bridgehead atoms. The lowest BCUT2D eigenvalue weighted by molar-refractivity contribution is -0.128. The number of hydrogen-bond acceptors (Lipinski definition) is 8. The number of rotatable bonds is 6. The third-order valence-electron chi connectivity index (χ3n) is 5.80. The molecule has 2 aliphatic rings. The molecule has 4 rings (SSSR count). The van der Waals surface area contributed by atoms with Crippen LogP contribution in [0.3, 0.4) is 0 Å². The highest BCUT2D eigenvalue weighted by Crippen LogP contribution is 2.29. The molecule has 0 spiro atoms. The van der Waals surface area contributed by atoms with Crippen LogP contribution in [0.4, 0.5) is 0 Å². The van der Waals surface area contributed by atoms with Gasteiger partial charge in [-0.1, -0.05) is 11.8 Å². The van der Waals surface area contributed by atoms with Gasteiger partial charge in [0, 0.05) is 50.2 Å². The van der Waals surface area contributed by atoms with E-state index in [0.29, 0.717) is 42.5 Å². The van der Waals surface area contributed by atoms with Crippen molar-refractivity contribution < 1.29 is 19.1 Å². The Morgan fingerprint density at radius 1 is 1.16 bits per heavy atom. The van der Waals surface area contributed by atoms with Crippen LogP contribution in [-0.4, -0.2) is 63.4 Å². The van der Waals surface area contributed by atoms with E-state index in [1.165, 1.54) is 24.9 Å². The Hall–Kier alpha value is -2.88. The molecule has 1 saturated carbocycles. The van der Waals surface area contributed by atoms with E-state index in [-0.39, 0.29) is 29.1 Å². The summed E-state index contributed by atoms with van der Waals surface area (Å²) < 4.78 is 12.6. The summed E-state index contributed by atoms with van der Waals surface area (Å²) >= 11 is 1.27. The normalized spacial score (nSPS) is 16.3. The largest absolute Gasteiger partial charge is 0.489 e. The highest BCUT2D eigenvalue weighted by molar-refractivity contribution is 7.99. The van der Waals surface area contributed by atoms with Crippen LogP contribution in [0.1, 0.15) is 41.7 Å². The van der Waals surface area contributed by atoms with Crippen LogP contribution in [0.15, 0.2) is 34.5 Å². The van der Waals surface area contributed by atoms with Gasteiger partial charge in [0.15, 0.2) is 5.16 Å². The van der Waals surface area contributed by atoms with Crippen LogP contribution in [0, 0.1) is 0 Å². The number of nitrogens with zero attached hydrogens (tertiary/aromatic N) is 4. The topological polar surface area (TPSA) is 104 Å². The maximum absolute atomic E-state index is 12.9. The Morgan fingerprint density at radius 3 is 2.62 bits per heavy atom. The zero-order chi connectivity index (χ0) is 22.5. The number of carbonyl (C=O) groups is 2. The molecule has 32 heavy (non-hydrogen) atoms. The highest BCUT2D eigenvalue weighted by Gasteiger charge is 2.29. The molecular formula is C22H26N4O5S. The van der Waals surface area contributed by atoms with Crippen molar-refractivity contribution in [3.8, 4) is 5.75 Å². The molecule has 0 saturated heterocycles. The summed E-state index contributed by atoms with van der Waals surface area (Å²) in [5.74, 6) is -0.102. The lowest BCUT2D eigenvalue weighted by Crippen LogP contribution is -2.35. The fourth-order valence-corrected chi connectivity index (χ4v) is 4.88. The fourth-order valence-electron chi connectivity index (χ4n) is 4.18. The van der Waals surface area contributed by atoms with E-state index < -0.39 is 5.97 Å². The number of amides is 1. The SMILES string of the molecule is COC(=O)c1c(OC2CCCC2)cc(=O)n2c1CCN(C(=O)CSc1ncccn1)CC2. The van der Waals surface area contributed by atoms with Gasteiger partial charge in [-0.25, -0.2) is 14.8 Å². The first-order valence-electron chi connectivity index (χ1n) is 10.8. The second-order valence-corrected chi connectivity index (χ2v) is 8.73. The minimum absolute atomic E-state index is 0.00180. The van der Waals surface area contributed by atoms with Crippen molar-refractivity contribution in [3.05, 3.63) is 46.1 Å². The van der Waals surface area contributed by atoms with E-state index in [1.54, 1.807) is 27.9 Å². The van der Waals surface area contributed by atoms with Crippen molar-refractivity contribution in [1.29, 1.82) is 0 Å². The zero-order valence-electron chi connectivity index (χ0n) is 18.0. The molecule has 1 amide bonds. The monoisotopic (exact) mass is 458 g/mol. The predicted molar refractivity (Wildman–Crippen MR) is 118 cm³/mol. The molecule has 0 atom stereocenters. The minimum atomic E-state index is -0.529. The smallest absolute Gasteiger partial charge is 0.343 e. The van der Waals surface area contributed by atoms with Crippen molar-refractivity contribution >= 4 is 23.6 Å². The molecule has 2 aromatic rings. The number of thioether (sulfide) groups is 1. The van der Waals surface area contributed by atoms with Crippen LogP contribution in [-0.2, 0) is 22.5 Å². The van der Waals surface area contributed by atoms with E-state index in [9.17, 15) is 14.4 Å². The first-order chi connectivity index (χ1) is 15.6. The van der Waals surface area contributed by atoms with E-state index in [0.717, 1.165) is 25.7 Å². The Morgan fingerprint density at radius 2 is 1.91 bits per heavy atom. The van der Waals surface area contributed by atoms with E-state index in [1.807, 2.05) is 0 Å². The minimum Gasteiger partial charge on any atom is -0.489 e. The molecule has 1 aliphatic carbocycles. The van der Waals surface area contributed by atoms with E-state index in [4.69, 9.17) is 9.47 Å². The first kappa shape index (κ1) is 22.3. The Bertz CT molecular complexity index is 1040. The number of ether oxygens (including phenoxy) is 2. The lowest BCUT2D eigenvalue weighted by atomic mass is 10.1. The molecule has 2 aromatic heterocycles. The number of methoxy groups -OCH3 is 1. The second kappa shape index (κ2) is 10.2. The van der Waals surface area contributed by atoms with Crippen LogP contribution >= 0.6 is 11.8 Å². The van der Waals surface area contributed by atoms with Crippen molar-refractivity contribution in [2.75, 3.05) is 26.0 Å². The average Bonchev–Trinajstić information content (AvgIpc) is 3.21. The first-order valence-corrected chi connectivity index (χ1v) is 11.7. The highest BCUT2D eigenvalue weighted by atomic mass is 32.2. The molecule has 0 radical (unpaired) electrons. The molecule has 3 heterocycles. The van der Waals surface area contributed by atoms with Gasteiger partial charge in [0.25, 0.3) is 5.56 Å². The van der Waals surface area contributed by atoms with Gasteiger partial charge in [-0.05, 0) is 31.7 Å². The molecule has 1 aliphatic heterocycles. The predicted octanol–water partition coefficient (Wildman–Crippen LogP) is 1.92. The molecule has 0 N–H and O–H groups in total. The number of esters is 1. The van der Waals surface area contributed by atoms with E-state index >= 15 is 0 Å². The number of carbonyl (C=O) groups excluding carboxylic acids is 2. The lowest BCUT2D eigenvalue weighted by Gasteiger charge is -2.20. The van der Waals surface area contributed by atoms with Crippen LogP contribution in [0.5, 0.6) is 5.75 Å². The summed E-state index contributed by atoms with van der Waals surface area (Å²) in [5, 5.41) is 0.539. The van der Waals surface area contributed by atoms with Gasteiger partial charge in [-0.15, -0.1) is 0 Å². The molecule has 170 valence electrons. The average molecular weight is 459 g/mol.